The highest BCUT2D eigenvalue weighted by molar-refractivity contribution is 5.40. The van der Waals surface area contributed by atoms with Crippen molar-refractivity contribution < 1.29 is 4.74 Å². The number of anilines is 2. The Bertz CT molecular complexity index is 408. The van der Waals surface area contributed by atoms with Gasteiger partial charge in [-0.15, -0.1) is 0 Å². The standard InChI is InChI=1S/C13H23N5O/c1-4-6-9-18(10-7-8-10)12-15-11(14-3)16-13(17-12)19-5-2/h10H,4-9H2,1-3H3,(H,14,15,16,17). The Morgan fingerprint density at radius 1 is 1.26 bits per heavy atom. The Hall–Kier alpha value is -1.59. The van der Waals surface area contributed by atoms with Crippen LogP contribution >= 0.6 is 0 Å². The smallest absolute Gasteiger partial charge is 0.323 e. The van der Waals surface area contributed by atoms with Gasteiger partial charge in [0.05, 0.1) is 6.61 Å². The van der Waals surface area contributed by atoms with Gasteiger partial charge in [-0.05, 0) is 26.2 Å². The van der Waals surface area contributed by atoms with E-state index in [1.807, 2.05) is 14.0 Å². The first kappa shape index (κ1) is 13.8. The van der Waals surface area contributed by atoms with Gasteiger partial charge in [0.15, 0.2) is 0 Å². The second-order valence-corrected chi connectivity index (χ2v) is 4.70. The van der Waals surface area contributed by atoms with Crippen LogP contribution in [0.5, 0.6) is 6.01 Å². The van der Waals surface area contributed by atoms with Crippen LogP contribution in [-0.2, 0) is 0 Å². The van der Waals surface area contributed by atoms with Crippen molar-refractivity contribution in [3.05, 3.63) is 0 Å². The van der Waals surface area contributed by atoms with Gasteiger partial charge in [-0.1, -0.05) is 13.3 Å². The van der Waals surface area contributed by atoms with Crippen LogP contribution in [0.15, 0.2) is 0 Å². The highest BCUT2D eigenvalue weighted by Gasteiger charge is 2.31. The summed E-state index contributed by atoms with van der Waals surface area (Å²) in [6, 6.07) is 0.993. The van der Waals surface area contributed by atoms with Crippen molar-refractivity contribution in [2.24, 2.45) is 0 Å². The topological polar surface area (TPSA) is 63.2 Å². The molecule has 0 bridgehead atoms. The highest BCUT2D eigenvalue weighted by Crippen LogP contribution is 2.30. The summed E-state index contributed by atoms with van der Waals surface area (Å²) in [6.45, 7) is 5.69. The van der Waals surface area contributed by atoms with Crippen LogP contribution in [-0.4, -0.2) is 41.2 Å². The molecule has 0 saturated heterocycles. The molecule has 1 aromatic rings. The molecular weight excluding hydrogens is 242 g/mol. The highest BCUT2D eigenvalue weighted by atomic mass is 16.5. The molecule has 1 aliphatic rings. The third-order valence-electron chi connectivity index (χ3n) is 3.10. The van der Waals surface area contributed by atoms with E-state index in [1.165, 1.54) is 19.3 Å². The Kier molecular flexibility index (Phi) is 4.76. The van der Waals surface area contributed by atoms with Crippen molar-refractivity contribution in [1.29, 1.82) is 0 Å². The number of unbranched alkanes of at least 4 members (excludes halogenated alkanes) is 1. The summed E-state index contributed by atoms with van der Waals surface area (Å²) in [6.07, 6.45) is 4.79. The average molecular weight is 265 g/mol. The van der Waals surface area contributed by atoms with E-state index in [0.717, 1.165) is 18.9 Å². The minimum Gasteiger partial charge on any atom is -0.464 e. The quantitative estimate of drug-likeness (QED) is 0.776. The summed E-state index contributed by atoms with van der Waals surface area (Å²) in [7, 11) is 1.81. The summed E-state index contributed by atoms with van der Waals surface area (Å²) >= 11 is 0. The normalized spacial score (nSPS) is 14.3. The summed E-state index contributed by atoms with van der Waals surface area (Å²) in [5.41, 5.74) is 0. The second kappa shape index (κ2) is 6.54. The molecule has 0 atom stereocenters. The zero-order chi connectivity index (χ0) is 13.7. The zero-order valence-corrected chi connectivity index (χ0v) is 12.0. The molecule has 1 aromatic heterocycles. The minimum absolute atomic E-state index is 0.402. The number of rotatable bonds is 8. The number of nitrogens with one attached hydrogen (secondary N) is 1. The summed E-state index contributed by atoms with van der Waals surface area (Å²) in [4.78, 5) is 15.4. The fraction of sp³-hybridized carbons (Fsp3) is 0.769. The molecule has 6 nitrogen and oxygen atoms in total. The van der Waals surface area contributed by atoms with E-state index in [0.29, 0.717) is 24.6 Å². The molecule has 0 spiro atoms. The fourth-order valence-electron chi connectivity index (χ4n) is 1.94. The van der Waals surface area contributed by atoms with E-state index in [4.69, 9.17) is 4.74 Å². The summed E-state index contributed by atoms with van der Waals surface area (Å²) in [5.74, 6) is 1.30. The summed E-state index contributed by atoms with van der Waals surface area (Å²) in [5, 5.41) is 2.97. The molecule has 2 rings (SSSR count). The van der Waals surface area contributed by atoms with Gasteiger partial charge in [-0.3, -0.25) is 0 Å². The largest absolute Gasteiger partial charge is 0.464 e. The van der Waals surface area contributed by atoms with Crippen molar-refractivity contribution in [1.82, 2.24) is 15.0 Å². The van der Waals surface area contributed by atoms with E-state index in [2.05, 4.69) is 32.1 Å². The summed E-state index contributed by atoms with van der Waals surface area (Å²) < 4.78 is 5.41. The number of ether oxygens (including phenoxy) is 1. The van der Waals surface area contributed by atoms with Gasteiger partial charge >= 0.3 is 6.01 Å². The van der Waals surface area contributed by atoms with E-state index >= 15 is 0 Å². The second-order valence-electron chi connectivity index (χ2n) is 4.70. The number of nitrogens with zero attached hydrogens (tertiary/aromatic N) is 4. The first-order valence-electron chi connectivity index (χ1n) is 7.11. The maximum atomic E-state index is 5.41. The molecule has 6 heteroatoms. The van der Waals surface area contributed by atoms with Crippen LogP contribution in [0, 0.1) is 0 Å². The molecule has 19 heavy (non-hydrogen) atoms. The number of hydrogen-bond donors (Lipinski definition) is 1. The Morgan fingerprint density at radius 2 is 2.05 bits per heavy atom. The minimum atomic E-state index is 0.402. The predicted molar refractivity (Wildman–Crippen MR) is 75.8 cm³/mol. The van der Waals surface area contributed by atoms with Crippen molar-refractivity contribution in [3.8, 4) is 6.01 Å². The van der Waals surface area contributed by atoms with E-state index in [9.17, 15) is 0 Å². The van der Waals surface area contributed by atoms with Gasteiger partial charge in [-0.2, -0.15) is 15.0 Å². The number of aromatic nitrogens is 3. The van der Waals surface area contributed by atoms with Gasteiger partial charge in [0.1, 0.15) is 0 Å². The number of hydrogen-bond acceptors (Lipinski definition) is 6. The molecule has 106 valence electrons. The maximum Gasteiger partial charge on any atom is 0.323 e. The van der Waals surface area contributed by atoms with E-state index in [1.54, 1.807) is 0 Å². The Labute approximate surface area is 114 Å². The molecule has 0 aliphatic heterocycles. The van der Waals surface area contributed by atoms with E-state index < -0.39 is 0 Å². The Balaban J connectivity index is 2.21. The lowest BCUT2D eigenvalue weighted by atomic mass is 10.3. The molecule has 0 aromatic carbocycles. The van der Waals surface area contributed by atoms with Gasteiger partial charge < -0.3 is 15.0 Å². The molecule has 0 amide bonds. The van der Waals surface area contributed by atoms with E-state index in [-0.39, 0.29) is 0 Å². The van der Waals surface area contributed by atoms with Crippen LogP contribution in [0.25, 0.3) is 0 Å². The third-order valence-corrected chi connectivity index (χ3v) is 3.10. The monoisotopic (exact) mass is 265 g/mol. The van der Waals surface area contributed by atoms with Crippen molar-refractivity contribution in [2.45, 2.75) is 45.6 Å². The lowest BCUT2D eigenvalue weighted by Gasteiger charge is -2.22. The molecule has 0 unspecified atom stereocenters. The van der Waals surface area contributed by atoms with Gasteiger partial charge in [-0.25, -0.2) is 0 Å². The predicted octanol–water partition coefficient (Wildman–Crippen LogP) is 2.08. The van der Waals surface area contributed by atoms with Gasteiger partial charge in [0.25, 0.3) is 0 Å². The molecule has 1 heterocycles. The first-order valence-corrected chi connectivity index (χ1v) is 7.11. The van der Waals surface area contributed by atoms with Crippen molar-refractivity contribution >= 4 is 11.9 Å². The zero-order valence-electron chi connectivity index (χ0n) is 12.0. The molecule has 1 fully saturated rings. The van der Waals surface area contributed by atoms with Crippen LogP contribution in [0.1, 0.15) is 39.5 Å². The molecule has 1 N–H and O–H groups in total. The van der Waals surface area contributed by atoms with Gasteiger partial charge in [0, 0.05) is 19.6 Å². The molecule has 1 saturated carbocycles. The van der Waals surface area contributed by atoms with Crippen LogP contribution in [0.3, 0.4) is 0 Å². The van der Waals surface area contributed by atoms with Gasteiger partial charge in [0.2, 0.25) is 11.9 Å². The average Bonchev–Trinajstić information content (AvgIpc) is 3.24. The maximum absolute atomic E-state index is 5.41. The third kappa shape index (κ3) is 3.68. The van der Waals surface area contributed by atoms with Crippen LogP contribution < -0.4 is 15.0 Å². The van der Waals surface area contributed by atoms with Crippen molar-refractivity contribution in [2.75, 3.05) is 30.4 Å². The molecular formula is C13H23N5O. The van der Waals surface area contributed by atoms with Crippen molar-refractivity contribution in [3.63, 3.8) is 0 Å². The first-order chi connectivity index (χ1) is 9.28. The van der Waals surface area contributed by atoms with Crippen LogP contribution in [0.4, 0.5) is 11.9 Å². The lowest BCUT2D eigenvalue weighted by Crippen LogP contribution is -2.29. The van der Waals surface area contributed by atoms with Crippen LogP contribution in [0.2, 0.25) is 0 Å². The lowest BCUT2D eigenvalue weighted by molar-refractivity contribution is 0.312. The molecule has 1 aliphatic carbocycles. The SMILES string of the molecule is CCCCN(c1nc(NC)nc(OCC)n1)C1CC1. The fourth-order valence-corrected chi connectivity index (χ4v) is 1.94. The Morgan fingerprint density at radius 3 is 2.63 bits per heavy atom. The molecule has 0 radical (unpaired) electrons.